The summed E-state index contributed by atoms with van der Waals surface area (Å²) in [6.07, 6.45) is 5.92. The highest BCUT2D eigenvalue weighted by Crippen LogP contribution is 2.22. The van der Waals surface area contributed by atoms with Crippen molar-refractivity contribution in [2.24, 2.45) is 0 Å². The lowest BCUT2D eigenvalue weighted by atomic mass is 10.2. The zero-order valence-electron chi connectivity index (χ0n) is 14.3. The maximum Gasteiger partial charge on any atom is 0.156 e. The first-order valence-corrected chi connectivity index (χ1v) is 8.88. The number of aromatic nitrogens is 4. The molecular formula is C19H17ClFN5. The van der Waals surface area contributed by atoms with Gasteiger partial charge in [0.2, 0.25) is 0 Å². The molecule has 0 aliphatic carbocycles. The van der Waals surface area contributed by atoms with E-state index in [2.05, 4.69) is 24.8 Å². The zero-order valence-corrected chi connectivity index (χ0v) is 15.0. The number of hydrogen-bond donors (Lipinski definition) is 0. The van der Waals surface area contributed by atoms with Gasteiger partial charge in [0.15, 0.2) is 5.82 Å². The average Bonchev–Trinajstić information content (AvgIpc) is 3.14. The van der Waals surface area contributed by atoms with Crippen molar-refractivity contribution >= 4 is 40.6 Å². The Morgan fingerprint density at radius 1 is 1.00 bits per heavy atom. The molecule has 132 valence electrons. The molecule has 1 saturated heterocycles. The maximum absolute atomic E-state index is 13.3. The van der Waals surface area contributed by atoms with Crippen LogP contribution in [0, 0.1) is 12.7 Å². The Morgan fingerprint density at radius 2 is 1.81 bits per heavy atom. The molecule has 7 heteroatoms. The van der Waals surface area contributed by atoms with Gasteiger partial charge in [-0.1, -0.05) is 11.6 Å². The first kappa shape index (κ1) is 16.8. The molecule has 1 fully saturated rings. The van der Waals surface area contributed by atoms with Gasteiger partial charge >= 0.3 is 0 Å². The molecular weight excluding hydrogens is 353 g/mol. The van der Waals surface area contributed by atoms with Gasteiger partial charge in [0, 0.05) is 25.2 Å². The molecule has 0 saturated carbocycles. The minimum absolute atomic E-state index is 0.323. The van der Waals surface area contributed by atoms with Gasteiger partial charge in [-0.25, -0.2) is 24.3 Å². The summed E-state index contributed by atoms with van der Waals surface area (Å²) >= 11 is 6.16. The number of rotatable bonds is 3. The molecule has 4 rings (SSSR count). The van der Waals surface area contributed by atoms with Gasteiger partial charge in [0.25, 0.3) is 0 Å². The summed E-state index contributed by atoms with van der Waals surface area (Å²) in [5.41, 5.74) is 2.58. The molecule has 0 atom stereocenters. The van der Waals surface area contributed by atoms with Crippen LogP contribution in [0.3, 0.4) is 0 Å². The lowest BCUT2D eigenvalue weighted by Crippen LogP contribution is -2.19. The molecule has 26 heavy (non-hydrogen) atoms. The SMILES string of the molecule is Cc1nc2cc(F)ccc2nc1/C=C/c1nc(Cl)cc(N2CCCC2)n1. The lowest BCUT2D eigenvalue weighted by Gasteiger charge is -2.16. The average molecular weight is 370 g/mol. The van der Waals surface area contributed by atoms with Crippen LogP contribution in [0.4, 0.5) is 10.2 Å². The van der Waals surface area contributed by atoms with Crippen LogP contribution in [0.25, 0.3) is 23.2 Å². The van der Waals surface area contributed by atoms with Crippen molar-refractivity contribution in [2.45, 2.75) is 19.8 Å². The lowest BCUT2D eigenvalue weighted by molar-refractivity contribution is 0.629. The summed E-state index contributed by atoms with van der Waals surface area (Å²) in [6, 6.07) is 6.17. The Kier molecular flexibility index (Phi) is 4.51. The van der Waals surface area contributed by atoms with Gasteiger partial charge in [-0.3, -0.25) is 0 Å². The van der Waals surface area contributed by atoms with Gasteiger partial charge in [-0.2, -0.15) is 0 Å². The molecule has 0 bridgehead atoms. The zero-order chi connectivity index (χ0) is 18.1. The second-order valence-corrected chi connectivity index (χ2v) is 6.65. The molecule has 0 N–H and O–H groups in total. The molecule has 0 unspecified atom stereocenters. The summed E-state index contributed by atoms with van der Waals surface area (Å²) in [7, 11) is 0. The summed E-state index contributed by atoms with van der Waals surface area (Å²) in [4.78, 5) is 20.0. The predicted molar refractivity (Wildman–Crippen MR) is 102 cm³/mol. The van der Waals surface area contributed by atoms with E-state index in [0.29, 0.717) is 33.4 Å². The van der Waals surface area contributed by atoms with Crippen molar-refractivity contribution < 1.29 is 4.39 Å². The third-order valence-electron chi connectivity index (χ3n) is 4.36. The van der Waals surface area contributed by atoms with Crippen LogP contribution in [0.1, 0.15) is 30.1 Å². The van der Waals surface area contributed by atoms with Gasteiger partial charge in [-0.05, 0) is 44.1 Å². The Balaban J connectivity index is 1.66. The smallest absolute Gasteiger partial charge is 0.156 e. The number of aryl methyl sites for hydroxylation is 1. The monoisotopic (exact) mass is 369 g/mol. The van der Waals surface area contributed by atoms with E-state index in [-0.39, 0.29) is 5.82 Å². The molecule has 3 heterocycles. The standard InChI is InChI=1S/C19H17ClFN5/c1-12-14(23-15-5-4-13(21)10-16(15)22-12)6-7-18-24-17(20)11-19(25-18)26-8-2-3-9-26/h4-7,10-11H,2-3,8-9H2,1H3/b7-6+. The predicted octanol–water partition coefficient (Wildman–Crippen LogP) is 4.29. The van der Waals surface area contributed by atoms with Crippen molar-refractivity contribution in [1.29, 1.82) is 0 Å². The largest absolute Gasteiger partial charge is 0.356 e. The van der Waals surface area contributed by atoms with Gasteiger partial charge in [-0.15, -0.1) is 0 Å². The van der Waals surface area contributed by atoms with Gasteiger partial charge < -0.3 is 4.90 Å². The van der Waals surface area contributed by atoms with Crippen LogP contribution in [-0.2, 0) is 0 Å². The fraction of sp³-hybridized carbons (Fsp3) is 0.263. The summed E-state index contributed by atoms with van der Waals surface area (Å²) in [6.45, 7) is 3.82. The molecule has 1 aliphatic rings. The van der Waals surface area contributed by atoms with E-state index >= 15 is 0 Å². The summed E-state index contributed by atoms with van der Waals surface area (Å²) < 4.78 is 13.3. The third kappa shape index (κ3) is 3.51. The minimum Gasteiger partial charge on any atom is -0.356 e. The number of hydrogen-bond acceptors (Lipinski definition) is 5. The van der Waals surface area contributed by atoms with E-state index in [4.69, 9.17) is 11.6 Å². The van der Waals surface area contributed by atoms with Gasteiger partial charge in [0.1, 0.15) is 16.8 Å². The molecule has 3 aromatic rings. The minimum atomic E-state index is -0.323. The van der Waals surface area contributed by atoms with E-state index in [1.807, 2.05) is 13.0 Å². The molecule has 0 amide bonds. The second-order valence-electron chi connectivity index (χ2n) is 6.26. The van der Waals surface area contributed by atoms with Crippen LogP contribution in [-0.4, -0.2) is 33.0 Å². The molecule has 0 spiro atoms. The van der Waals surface area contributed by atoms with Crippen molar-refractivity contribution in [3.05, 3.63) is 52.4 Å². The Hall–Kier alpha value is -2.60. The fourth-order valence-electron chi connectivity index (χ4n) is 3.05. The number of fused-ring (bicyclic) bond motifs is 1. The van der Waals surface area contributed by atoms with E-state index < -0.39 is 0 Å². The van der Waals surface area contributed by atoms with Gasteiger partial charge in [0.05, 0.1) is 22.4 Å². The molecule has 5 nitrogen and oxygen atoms in total. The van der Waals surface area contributed by atoms with Crippen LogP contribution in [0.5, 0.6) is 0 Å². The fourth-order valence-corrected chi connectivity index (χ4v) is 3.23. The van der Waals surface area contributed by atoms with Crippen molar-refractivity contribution in [3.8, 4) is 0 Å². The highest BCUT2D eigenvalue weighted by molar-refractivity contribution is 6.29. The quantitative estimate of drug-likeness (QED) is 0.644. The first-order chi connectivity index (χ1) is 12.6. The van der Waals surface area contributed by atoms with Crippen LogP contribution in [0.15, 0.2) is 24.3 Å². The second kappa shape index (κ2) is 6.96. The van der Waals surface area contributed by atoms with E-state index in [0.717, 1.165) is 18.9 Å². The van der Waals surface area contributed by atoms with E-state index in [1.165, 1.54) is 25.0 Å². The van der Waals surface area contributed by atoms with Crippen LogP contribution in [0.2, 0.25) is 5.15 Å². The summed E-state index contributed by atoms with van der Waals surface area (Å²) in [5.74, 6) is 1.05. The molecule has 2 aromatic heterocycles. The molecule has 1 aliphatic heterocycles. The van der Waals surface area contributed by atoms with E-state index in [9.17, 15) is 4.39 Å². The van der Waals surface area contributed by atoms with Crippen LogP contribution < -0.4 is 4.90 Å². The van der Waals surface area contributed by atoms with Crippen molar-refractivity contribution in [2.75, 3.05) is 18.0 Å². The number of anilines is 1. The topological polar surface area (TPSA) is 54.8 Å². The molecule has 0 radical (unpaired) electrons. The van der Waals surface area contributed by atoms with Crippen molar-refractivity contribution in [1.82, 2.24) is 19.9 Å². The highest BCUT2D eigenvalue weighted by atomic mass is 35.5. The maximum atomic E-state index is 13.3. The number of halogens is 2. The Morgan fingerprint density at radius 3 is 2.62 bits per heavy atom. The number of benzene rings is 1. The van der Waals surface area contributed by atoms with Crippen LogP contribution >= 0.6 is 11.6 Å². The Labute approximate surface area is 155 Å². The normalized spacial score (nSPS) is 14.7. The molecule has 1 aromatic carbocycles. The highest BCUT2D eigenvalue weighted by Gasteiger charge is 2.15. The third-order valence-corrected chi connectivity index (χ3v) is 4.55. The first-order valence-electron chi connectivity index (χ1n) is 8.50. The van der Waals surface area contributed by atoms with E-state index in [1.54, 1.807) is 18.2 Å². The number of nitrogens with zero attached hydrogens (tertiary/aromatic N) is 5. The summed E-state index contributed by atoms with van der Waals surface area (Å²) in [5, 5.41) is 0.415. The van der Waals surface area contributed by atoms with Crippen molar-refractivity contribution in [3.63, 3.8) is 0 Å². The Bertz CT molecular complexity index is 999.